The summed E-state index contributed by atoms with van der Waals surface area (Å²) in [6.07, 6.45) is 12.5. The second-order valence-electron chi connectivity index (χ2n) is 17.0. The van der Waals surface area contributed by atoms with Crippen molar-refractivity contribution in [2.24, 2.45) is 22.9 Å². The number of carbonyl (C=O) groups excluding carboxylic acids is 1. The number of methoxy groups -OCH3 is 1. The van der Waals surface area contributed by atoms with Crippen LogP contribution < -0.4 is 14.2 Å². The van der Waals surface area contributed by atoms with E-state index in [0.29, 0.717) is 44.8 Å². The zero-order valence-electron chi connectivity index (χ0n) is 35.8. The predicted molar refractivity (Wildman–Crippen MR) is 230 cm³/mol. The topological polar surface area (TPSA) is 132 Å². The Morgan fingerprint density at radius 2 is 1.90 bits per heavy atom. The van der Waals surface area contributed by atoms with Gasteiger partial charge in [0.25, 0.3) is 0 Å². The Bertz CT molecular complexity index is 1790. The molecule has 1 amide bonds. The van der Waals surface area contributed by atoms with Gasteiger partial charge in [-0.2, -0.15) is 0 Å². The predicted octanol–water partition coefficient (Wildman–Crippen LogP) is 7.03. The molecular weight excluding hydrogens is 763 g/mol. The van der Waals surface area contributed by atoms with Gasteiger partial charge in [-0.1, -0.05) is 49.2 Å². The number of aliphatic hydroxyl groups excluding tert-OH is 2. The van der Waals surface area contributed by atoms with E-state index in [1.165, 1.54) is 0 Å². The molecule has 7 unspecified atom stereocenters. The van der Waals surface area contributed by atoms with Crippen molar-refractivity contribution in [2.75, 3.05) is 66.3 Å². The summed E-state index contributed by atoms with van der Waals surface area (Å²) in [7, 11) is 1.63. The van der Waals surface area contributed by atoms with E-state index in [9.17, 15) is 15.0 Å². The Kier molecular flexibility index (Phi) is 15.6. The van der Waals surface area contributed by atoms with E-state index >= 15 is 0 Å². The molecule has 0 radical (unpaired) electrons. The van der Waals surface area contributed by atoms with Crippen molar-refractivity contribution in [3.63, 3.8) is 0 Å². The van der Waals surface area contributed by atoms with E-state index in [4.69, 9.17) is 33.7 Å². The van der Waals surface area contributed by atoms with Gasteiger partial charge in [0, 0.05) is 63.7 Å². The average Bonchev–Trinajstić information content (AvgIpc) is 4.10. The van der Waals surface area contributed by atoms with Gasteiger partial charge in [0.15, 0.2) is 0 Å². The van der Waals surface area contributed by atoms with Crippen LogP contribution in [-0.2, 0) is 25.5 Å². The smallest absolute Gasteiger partial charge is 0.239 e. The third-order valence-corrected chi connectivity index (χ3v) is 12.9. The third-order valence-electron chi connectivity index (χ3n) is 12.9. The number of unbranched alkanes of at least 4 members (excludes halogenated alkanes) is 2. The van der Waals surface area contributed by atoms with Crippen LogP contribution in [0.2, 0.25) is 0 Å². The van der Waals surface area contributed by atoms with Crippen molar-refractivity contribution in [2.45, 2.75) is 108 Å². The molecular formula is C48H67N3O9. The zero-order valence-corrected chi connectivity index (χ0v) is 35.8. The molecule has 2 N–H and O–H groups in total. The maximum atomic E-state index is 14.9. The summed E-state index contributed by atoms with van der Waals surface area (Å²) in [4.78, 5) is 25.5. The van der Waals surface area contributed by atoms with Gasteiger partial charge in [0.1, 0.15) is 29.9 Å². The molecule has 1 saturated carbocycles. The molecule has 3 aliphatic heterocycles. The Hall–Kier alpha value is -3.94. The highest BCUT2D eigenvalue weighted by Gasteiger charge is 2.65. The van der Waals surface area contributed by atoms with Crippen molar-refractivity contribution >= 4 is 11.6 Å². The standard InChI is InChI=1S/C48H67N3O9/c1-4-20-51(44(54)30-34-13-12-15-36(29-34)55-3)43-33-41(49-60-45-17-8-11-27-57-45)39-31-35(14-6-9-24-52)38(16-7-10-25-53)46-40-32-37(56-28-23-50-21-22-50)18-19-42(40)59-48(43,47(39)46)58-26-5-2/h5,12-13,15,18-19,29,31-32,35,38,43,45-47,52-53H,2,4,6-11,14,16-17,20-28,30,33H2,1,3H3. The number of ether oxygens (including phenoxy) is 5. The number of hydrogen-bond acceptors (Lipinski definition) is 11. The molecule has 0 aromatic heterocycles. The number of carbonyl (C=O) groups is 1. The molecule has 2 aromatic carbocycles. The lowest BCUT2D eigenvalue weighted by Gasteiger charge is -2.60. The summed E-state index contributed by atoms with van der Waals surface area (Å²) in [5, 5.41) is 24.9. The summed E-state index contributed by atoms with van der Waals surface area (Å²) < 4.78 is 32.5. The van der Waals surface area contributed by atoms with E-state index < -0.39 is 18.1 Å². The molecule has 12 nitrogen and oxygen atoms in total. The number of fused-ring (bicyclic) bond motifs is 2. The van der Waals surface area contributed by atoms with Crippen LogP contribution in [0.4, 0.5) is 0 Å². The lowest BCUT2D eigenvalue weighted by Crippen LogP contribution is -2.70. The zero-order chi connectivity index (χ0) is 41.9. The normalized spacial score (nSPS) is 27.5. The van der Waals surface area contributed by atoms with Gasteiger partial charge in [-0.25, -0.2) is 0 Å². The van der Waals surface area contributed by atoms with E-state index in [0.717, 1.165) is 105 Å². The average molecular weight is 830 g/mol. The highest BCUT2D eigenvalue weighted by Crippen LogP contribution is 2.62. The van der Waals surface area contributed by atoms with Crippen LogP contribution in [0.3, 0.4) is 0 Å². The molecule has 0 spiro atoms. The largest absolute Gasteiger partial charge is 0.497 e. The van der Waals surface area contributed by atoms with E-state index in [1.54, 1.807) is 13.2 Å². The number of allylic oxidation sites excluding steroid dienone is 1. The van der Waals surface area contributed by atoms with Crippen molar-refractivity contribution < 1.29 is 43.5 Å². The molecule has 2 aromatic rings. The fraction of sp³-hybridized carbons (Fsp3) is 0.625. The molecule has 2 aliphatic carbocycles. The number of aliphatic hydroxyl groups is 2. The van der Waals surface area contributed by atoms with Gasteiger partial charge < -0.3 is 43.6 Å². The van der Waals surface area contributed by atoms with Crippen molar-refractivity contribution in [1.82, 2.24) is 9.80 Å². The van der Waals surface area contributed by atoms with Crippen LogP contribution in [0.15, 0.2) is 71.9 Å². The van der Waals surface area contributed by atoms with Crippen molar-refractivity contribution in [3.05, 3.63) is 77.9 Å². The number of rotatable bonds is 23. The number of nitrogens with zero attached hydrogens (tertiary/aromatic N) is 3. The maximum absolute atomic E-state index is 14.9. The number of oxime groups is 1. The minimum Gasteiger partial charge on any atom is -0.497 e. The van der Waals surface area contributed by atoms with E-state index in [2.05, 4.69) is 30.5 Å². The fourth-order valence-electron chi connectivity index (χ4n) is 10.00. The molecule has 2 saturated heterocycles. The second kappa shape index (κ2) is 21.2. The van der Waals surface area contributed by atoms with E-state index in [1.807, 2.05) is 41.3 Å². The lowest BCUT2D eigenvalue weighted by atomic mass is 9.55. The molecule has 60 heavy (non-hydrogen) atoms. The fourth-order valence-corrected chi connectivity index (χ4v) is 10.00. The summed E-state index contributed by atoms with van der Waals surface area (Å²) >= 11 is 0. The van der Waals surface area contributed by atoms with Gasteiger partial charge in [0.05, 0.1) is 38.4 Å². The number of benzene rings is 2. The van der Waals surface area contributed by atoms with Crippen LogP contribution in [-0.4, -0.2) is 116 Å². The highest BCUT2D eigenvalue weighted by molar-refractivity contribution is 6.03. The van der Waals surface area contributed by atoms with Crippen molar-refractivity contribution in [3.8, 4) is 17.2 Å². The summed E-state index contributed by atoms with van der Waals surface area (Å²) in [6, 6.07) is 13.3. The van der Waals surface area contributed by atoms with Crippen LogP contribution in [0, 0.1) is 17.8 Å². The summed E-state index contributed by atoms with van der Waals surface area (Å²) in [6.45, 7) is 11.4. The van der Waals surface area contributed by atoms with Gasteiger partial charge in [0.2, 0.25) is 18.0 Å². The SMILES string of the molecule is C=CCOC12Oc3ccc(OCCN4CC4)cc3C3C(CCCCO)C(CCCCO)C=C(C(=NOC4CCCCO4)CC1N(CCC)C(=O)Cc1cccc(OC)c1)C32. The van der Waals surface area contributed by atoms with Crippen molar-refractivity contribution in [1.29, 1.82) is 0 Å². The molecule has 7 atom stereocenters. The monoisotopic (exact) mass is 829 g/mol. The van der Waals surface area contributed by atoms with Crippen LogP contribution in [0.5, 0.6) is 17.2 Å². The third kappa shape index (κ3) is 10.2. The Balaban J connectivity index is 1.39. The van der Waals surface area contributed by atoms with Crippen LogP contribution >= 0.6 is 0 Å². The first-order chi connectivity index (χ1) is 29.4. The summed E-state index contributed by atoms with van der Waals surface area (Å²) in [5.41, 5.74) is 3.70. The Labute approximate surface area is 356 Å². The van der Waals surface area contributed by atoms with Gasteiger partial charge >= 0.3 is 0 Å². The molecule has 7 rings (SSSR count). The summed E-state index contributed by atoms with van der Waals surface area (Å²) in [5.74, 6) is 0.602. The highest BCUT2D eigenvalue weighted by atomic mass is 16.8. The van der Waals surface area contributed by atoms with E-state index in [-0.39, 0.29) is 55.8 Å². The molecule has 0 bridgehead atoms. The minimum atomic E-state index is -1.32. The van der Waals surface area contributed by atoms with Crippen LogP contribution in [0.1, 0.15) is 94.6 Å². The second-order valence-corrected chi connectivity index (χ2v) is 17.0. The Morgan fingerprint density at radius 3 is 2.63 bits per heavy atom. The number of hydrogen-bond donors (Lipinski definition) is 2. The molecule has 5 aliphatic rings. The Morgan fingerprint density at radius 1 is 1.07 bits per heavy atom. The lowest BCUT2D eigenvalue weighted by molar-refractivity contribution is -0.257. The van der Waals surface area contributed by atoms with Crippen LogP contribution in [0.25, 0.3) is 0 Å². The molecule has 12 heteroatoms. The number of amides is 1. The van der Waals surface area contributed by atoms with Gasteiger partial charge in [-0.05, 0) is 98.2 Å². The minimum absolute atomic E-state index is 0.0433. The molecule has 3 heterocycles. The quantitative estimate of drug-likeness (QED) is 0.0521. The first-order valence-corrected chi connectivity index (χ1v) is 22.6. The molecule has 328 valence electrons. The maximum Gasteiger partial charge on any atom is 0.239 e. The molecule has 3 fully saturated rings. The van der Waals surface area contributed by atoms with Gasteiger partial charge in [-0.3, -0.25) is 9.69 Å². The van der Waals surface area contributed by atoms with Gasteiger partial charge in [-0.15, -0.1) is 6.58 Å². The first kappa shape index (κ1) is 44.1. The first-order valence-electron chi connectivity index (χ1n) is 22.6.